The lowest BCUT2D eigenvalue weighted by Gasteiger charge is -2.20. The van der Waals surface area contributed by atoms with Gasteiger partial charge in [0.15, 0.2) is 0 Å². The number of fused-ring (bicyclic) bond motifs is 1. The molecule has 0 aromatic heterocycles. The van der Waals surface area contributed by atoms with E-state index in [4.69, 9.17) is 14.2 Å². The number of ether oxygens (including phenoxy) is 3. The van der Waals surface area contributed by atoms with E-state index in [0.717, 1.165) is 5.57 Å². The van der Waals surface area contributed by atoms with Crippen LogP contribution >= 0.6 is 0 Å². The Labute approximate surface area is 177 Å². The number of amides is 1. The van der Waals surface area contributed by atoms with Gasteiger partial charge < -0.3 is 19.5 Å². The summed E-state index contributed by atoms with van der Waals surface area (Å²) >= 11 is 0. The van der Waals surface area contributed by atoms with Gasteiger partial charge in [-0.25, -0.2) is 4.79 Å². The largest absolute Gasteiger partial charge is 0.496 e. The molecule has 170 valence electrons. The Morgan fingerprint density at radius 1 is 1.26 bits per heavy atom. The first kappa shape index (κ1) is 24.2. The predicted molar refractivity (Wildman–Crippen MR) is 105 cm³/mol. The number of rotatable bonds is 8. The van der Waals surface area contributed by atoms with Gasteiger partial charge in [-0.05, 0) is 39.2 Å². The van der Waals surface area contributed by atoms with Crippen LogP contribution in [0.25, 0.3) is 0 Å². The lowest BCUT2D eigenvalue weighted by atomic mass is 9.93. The molecule has 0 spiro atoms. The van der Waals surface area contributed by atoms with Crippen molar-refractivity contribution in [3.05, 3.63) is 33.9 Å². The van der Waals surface area contributed by atoms with Crippen LogP contribution in [-0.4, -0.2) is 37.7 Å². The second kappa shape index (κ2) is 9.84. The molecule has 2 rings (SSSR count). The molecule has 0 bridgehead atoms. The van der Waals surface area contributed by atoms with Gasteiger partial charge in [-0.1, -0.05) is 11.6 Å². The number of nitrogens with one attached hydrogen (secondary N) is 1. The number of halogens is 3. The van der Waals surface area contributed by atoms with Crippen LogP contribution in [0.15, 0.2) is 11.6 Å². The van der Waals surface area contributed by atoms with Crippen molar-refractivity contribution in [3.8, 4) is 5.75 Å². The summed E-state index contributed by atoms with van der Waals surface area (Å²) in [5.74, 6) is -3.13. The molecule has 7 nitrogen and oxygen atoms in total. The van der Waals surface area contributed by atoms with E-state index >= 15 is 0 Å². The molecular formula is C21H24F3NO6. The number of cyclic esters (lactones) is 1. The third-order valence-electron chi connectivity index (χ3n) is 4.86. The highest BCUT2D eigenvalue weighted by Crippen LogP contribution is 2.42. The smallest absolute Gasteiger partial charge is 0.471 e. The van der Waals surface area contributed by atoms with E-state index in [9.17, 15) is 27.6 Å². The summed E-state index contributed by atoms with van der Waals surface area (Å²) in [5, 5.41) is 1.83. The molecule has 10 heteroatoms. The minimum atomic E-state index is -5.14. The summed E-state index contributed by atoms with van der Waals surface area (Å²) in [6.45, 7) is 5.26. The molecule has 0 radical (unpaired) electrons. The minimum absolute atomic E-state index is 0.0622. The Hall–Kier alpha value is -3.04. The monoisotopic (exact) mass is 443 g/mol. The second-order valence-electron chi connectivity index (χ2n) is 6.95. The van der Waals surface area contributed by atoms with Gasteiger partial charge in [-0.15, -0.1) is 0 Å². The van der Waals surface area contributed by atoms with Gasteiger partial charge in [0, 0.05) is 17.5 Å². The number of anilines is 1. The van der Waals surface area contributed by atoms with Crippen LogP contribution in [0, 0.1) is 6.92 Å². The van der Waals surface area contributed by atoms with Gasteiger partial charge in [-0.3, -0.25) is 9.59 Å². The van der Waals surface area contributed by atoms with Crippen LogP contribution in [0.3, 0.4) is 0 Å². The fraction of sp³-hybridized carbons (Fsp3) is 0.476. The van der Waals surface area contributed by atoms with Crippen LogP contribution in [0.5, 0.6) is 5.75 Å². The number of alkyl halides is 3. The second-order valence-corrected chi connectivity index (χ2v) is 6.95. The van der Waals surface area contributed by atoms with Gasteiger partial charge in [0.25, 0.3) is 0 Å². The molecule has 0 saturated heterocycles. The number of methoxy groups -OCH3 is 1. The standard InChI is InChI=1S/C21H24F3NO6/c1-5-30-15(26)9-7-11(2)6-8-13-17(25-20(28)21(22,23)24)16-14(10-31-19(16)27)12(3)18(13)29-4/h6H,5,7-10H2,1-4H3,(H,25,28). The van der Waals surface area contributed by atoms with Crippen molar-refractivity contribution in [2.24, 2.45) is 0 Å². The molecule has 31 heavy (non-hydrogen) atoms. The summed E-state index contributed by atoms with van der Waals surface area (Å²) in [6.07, 6.45) is -2.84. The molecular weight excluding hydrogens is 419 g/mol. The molecule has 1 N–H and O–H groups in total. The highest BCUT2D eigenvalue weighted by Gasteiger charge is 2.41. The van der Waals surface area contributed by atoms with E-state index in [1.807, 2.05) is 5.32 Å². The molecule has 0 fully saturated rings. The average Bonchev–Trinajstić information content (AvgIpc) is 3.08. The van der Waals surface area contributed by atoms with Crippen molar-refractivity contribution in [1.82, 2.24) is 0 Å². The third kappa shape index (κ3) is 5.56. The van der Waals surface area contributed by atoms with Crippen LogP contribution in [0.2, 0.25) is 0 Å². The van der Waals surface area contributed by atoms with Gasteiger partial charge in [0.05, 0.1) is 25.0 Å². The Morgan fingerprint density at radius 2 is 1.94 bits per heavy atom. The van der Waals surface area contributed by atoms with Gasteiger partial charge in [-0.2, -0.15) is 13.2 Å². The highest BCUT2D eigenvalue weighted by atomic mass is 19.4. The zero-order valence-corrected chi connectivity index (χ0v) is 17.7. The molecule has 0 saturated carbocycles. The summed E-state index contributed by atoms with van der Waals surface area (Å²) < 4.78 is 54.0. The molecule has 1 aromatic rings. The first-order valence-corrected chi connectivity index (χ1v) is 9.60. The van der Waals surface area contributed by atoms with Crippen molar-refractivity contribution in [3.63, 3.8) is 0 Å². The fourth-order valence-electron chi connectivity index (χ4n) is 3.29. The molecule has 0 atom stereocenters. The number of carbonyl (C=O) groups is 3. The Kier molecular flexibility index (Phi) is 7.70. The molecule has 1 aliphatic heterocycles. The summed E-state index contributed by atoms with van der Waals surface area (Å²) in [6, 6.07) is 0. The van der Waals surface area contributed by atoms with Crippen LogP contribution in [-0.2, 0) is 32.1 Å². The zero-order valence-electron chi connectivity index (χ0n) is 17.7. The van der Waals surface area contributed by atoms with Crippen LogP contribution in [0.4, 0.5) is 18.9 Å². The summed E-state index contributed by atoms with van der Waals surface area (Å²) in [7, 11) is 1.35. The number of hydrogen-bond acceptors (Lipinski definition) is 6. The van der Waals surface area contributed by atoms with Crippen molar-refractivity contribution < 1.29 is 41.8 Å². The van der Waals surface area contributed by atoms with Crippen LogP contribution in [0.1, 0.15) is 53.7 Å². The van der Waals surface area contributed by atoms with E-state index in [-0.39, 0.29) is 54.6 Å². The lowest BCUT2D eigenvalue weighted by Crippen LogP contribution is -2.31. The molecule has 0 aliphatic carbocycles. The minimum Gasteiger partial charge on any atom is -0.496 e. The van der Waals surface area contributed by atoms with Gasteiger partial charge in [0.1, 0.15) is 12.4 Å². The molecule has 1 aromatic carbocycles. The SMILES string of the molecule is CCOC(=O)CCC(C)=CCc1c(NC(=O)C(F)(F)F)c2c(c(C)c1OC)COC2=O. The van der Waals surface area contributed by atoms with E-state index in [2.05, 4.69) is 0 Å². The Bertz CT molecular complexity index is 921. The third-order valence-corrected chi connectivity index (χ3v) is 4.86. The first-order chi connectivity index (χ1) is 14.5. The van der Waals surface area contributed by atoms with Crippen molar-refractivity contribution in [1.29, 1.82) is 0 Å². The predicted octanol–water partition coefficient (Wildman–Crippen LogP) is 4.01. The summed E-state index contributed by atoms with van der Waals surface area (Å²) in [5.41, 5.74) is 1.52. The molecule has 0 unspecified atom stereocenters. The summed E-state index contributed by atoms with van der Waals surface area (Å²) in [4.78, 5) is 35.4. The Balaban J connectivity index is 2.47. The zero-order chi connectivity index (χ0) is 23.3. The lowest BCUT2D eigenvalue weighted by molar-refractivity contribution is -0.167. The van der Waals surface area contributed by atoms with E-state index in [1.165, 1.54) is 7.11 Å². The van der Waals surface area contributed by atoms with Gasteiger partial charge >= 0.3 is 24.0 Å². The van der Waals surface area contributed by atoms with E-state index in [1.54, 1.807) is 26.8 Å². The van der Waals surface area contributed by atoms with Crippen molar-refractivity contribution in [2.45, 2.75) is 52.8 Å². The molecule has 1 aliphatic rings. The van der Waals surface area contributed by atoms with E-state index in [0.29, 0.717) is 17.5 Å². The number of allylic oxidation sites excluding steroid dienone is 2. The number of benzene rings is 1. The molecule has 1 amide bonds. The molecule has 1 heterocycles. The maximum atomic E-state index is 12.9. The van der Waals surface area contributed by atoms with Crippen molar-refractivity contribution >= 4 is 23.5 Å². The van der Waals surface area contributed by atoms with E-state index < -0.39 is 18.1 Å². The maximum Gasteiger partial charge on any atom is 0.471 e. The van der Waals surface area contributed by atoms with Crippen molar-refractivity contribution in [2.75, 3.05) is 19.0 Å². The van der Waals surface area contributed by atoms with Gasteiger partial charge in [0.2, 0.25) is 0 Å². The normalized spacial score (nSPS) is 13.5. The fourth-order valence-corrected chi connectivity index (χ4v) is 3.29. The van der Waals surface area contributed by atoms with Crippen LogP contribution < -0.4 is 10.1 Å². The Morgan fingerprint density at radius 3 is 2.52 bits per heavy atom. The number of esters is 2. The highest BCUT2D eigenvalue weighted by molar-refractivity contribution is 6.07. The maximum absolute atomic E-state index is 12.9. The average molecular weight is 443 g/mol. The number of hydrogen-bond donors (Lipinski definition) is 1. The quantitative estimate of drug-likeness (QED) is 0.482. The number of carbonyl (C=O) groups excluding carboxylic acids is 3. The first-order valence-electron chi connectivity index (χ1n) is 9.60. The topological polar surface area (TPSA) is 90.9 Å².